The van der Waals surface area contributed by atoms with Crippen molar-refractivity contribution in [2.75, 3.05) is 5.75 Å². The van der Waals surface area contributed by atoms with Crippen LogP contribution in [0.4, 0.5) is 5.69 Å². The molecule has 0 fully saturated rings. The second kappa shape index (κ2) is 5.60. The fourth-order valence-corrected chi connectivity index (χ4v) is 1.43. The minimum atomic E-state index is 0.919. The smallest absolute Gasteiger partial charge is 0.0710 e. The van der Waals surface area contributed by atoms with E-state index in [1.165, 1.54) is 0 Å². The summed E-state index contributed by atoms with van der Waals surface area (Å²) >= 11 is 1.70. The highest BCUT2D eigenvalue weighted by Crippen LogP contribution is 2.14. The topological polar surface area (TPSA) is 12.4 Å². The van der Waals surface area contributed by atoms with Crippen LogP contribution < -0.4 is 0 Å². The van der Waals surface area contributed by atoms with Crippen molar-refractivity contribution >= 4 is 22.5 Å². The molecule has 0 saturated carbocycles. The predicted octanol–water partition coefficient (Wildman–Crippen LogP) is 3.66. The zero-order valence-corrected chi connectivity index (χ0v) is 8.55. The number of rotatable bonds is 3. The third-order valence-corrected chi connectivity index (χ3v) is 2.36. The number of hydrogen-bond donors (Lipinski definition) is 0. The van der Waals surface area contributed by atoms with E-state index in [1.807, 2.05) is 43.3 Å². The molecule has 0 aromatic heterocycles. The van der Waals surface area contributed by atoms with Gasteiger partial charge in [-0.25, -0.2) is 4.99 Å². The van der Waals surface area contributed by atoms with Crippen LogP contribution in [0.5, 0.6) is 0 Å². The molecule has 0 N–H and O–H groups in total. The zero-order valence-electron chi connectivity index (χ0n) is 7.73. The summed E-state index contributed by atoms with van der Waals surface area (Å²) in [6, 6.07) is 9.97. The largest absolute Gasteiger partial charge is 0.247 e. The third-order valence-electron chi connectivity index (χ3n) is 1.45. The van der Waals surface area contributed by atoms with E-state index in [0.717, 1.165) is 16.5 Å². The number of nitrogens with zero attached hydrogens (tertiary/aromatic N) is 1. The van der Waals surface area contributed by atoms with Gasteiger partial charge in [0.15, 0.2) is 0 Å². The van der Waals surface area contributed by atoms with Gasteiger partial charge in [-0.2, -0.15) is 0 Å². The maximum Gasteiger partial charge on any atom is 0.0710 e. The van der Waals surface area contributed by atoms with Gasteiger partial charge < -0.3 is 0 Å². The Kier molecular flexibility index (Phi) is 4.33. The van der Waals surface area contributed by atoms with Gasteiger partial charge in [-0.15, -0.1) is 18.3 Å². The van der Waals surface area contributed by atoms with E-state index < -0.39 is 0 Å². The van der Waals surface area contributed by atoms with Crippen molar-refractivity contribution in [3.63, 3.8) is 0 Å². The molecule has 0 saturated heterocycles. The van der Waals surface area contributed by atoms with E-state index in [1.54, 1.807) is 11.8 Å². The molecular weight excluding hydrogens is 178 g/mol. The number of aliphatic imine (C=N–C) groups is 1. The summed E-state index contributed by atoms with van der Waals surface area (Å²) in [6.07, 6.45) is 1.88. The van der Waals surface area contributed by atoms with Crippen LogP contribution in [0.3, 0.4) is 0 Å². The maximum absolute atomic E-state index is 4.43. The van der Waals surface area contributed by atoms with Gasteiger partial charge in [-0.1, -0.05) is 24.3 Å². The molecule has 0 radical (unpaired) electrons. The Hall–Kier alpha value is -1.02. The van der Waals surface area contributed by atoms with Crippen LogP contribution in [0.1, 0.15) is 6.92 Å². The molecule has 1 aromatic rings. The van der Waals surface area contributed by atoms with Gasteiger partial charge in [-0.05, 0) is 19.1 Å². The van der Waals surface area contributed by atoms with Gasteiger partial charge in [0.05, 0.1) is 10.7 Å². The highest BCUT2D eigenvalue weighted by atomic mass is 32.2. The van der Waals surface area contributed by atoms with Crippen molar-refractivity contribution in [2.24, 2.45) is 4.99 Å². The summed E-state index contributed by atoms with van der Waals surface area (Å²) in [4.78, 5) is 4.43. The van der Waals surface area contributed by atoms with E-state index >= 15 is 0 Å². The average Bonchev–Trinajstić information content (AvgIpc) is 2.16. The van der Waals surface area contributed by atoms with Crippen LogP contribution in [0.25, 0.3) is 0 Å². The number of para-hydroxylation sites is 1. The van der Waals surface area contributed by atoms with Crippen molar-refractivity contribution in [3.05, 3.63) is 43.0 Å². The number of benzene rings is 1. The predicted molar refractivity (Wildman–Crippen MR) is 61.9 cm³/mol. The molecule has 68 valence electrons. The number of thioether (sulfide) groups is 1. The van der Waals surface area contributed by atoms with Crippen LogP contribution in [-0.4, -0.2) is 10.8 Å². The molecule has 0 spiro atoms. The fraction of sp³-hybridized carbons (Fsp3) is 0.182. The molecule has 0 unspecified atom stereocenters. The third kappa shape index (κ3) is 3.95. The molecule has 0 heterocycles. The summed E-state index contributed by atoms with van der Waals surface area (Å²) in [5.41, 5.74) is 1.01. The van der Waals surface area contributed by atoms with E-state index in [0.29, 0.717) is 0 Å². The minimum Gasteiger partial charge on any atom is -0.247 e. The van der Waals surface area contributed by atoms with E-state index in [4.69, 9.17) is 0 Å². The van der Waals surface area contributed by atoms with Gasteiger partial charge in [-0.3, -0.25) is 0 Å². The first-order valence-electron chi connectivity index (χ1n) is 4.17. The highest BCUT2D eigenvalue weighted by Gasteiger charge is 1.90. The zero-order chi connectivity index (χ0) is 9.52. The lowest BCUT2D eigenvalue weighted by Gasteiger charge is -1.97. The van der Waals surface area contributed by atoms with E-state index in [2.05, 4.69) is 11.6 Å². The highest BCUT2D eigenvalue weighted by molar-refractivity contribution is 8.14. The molecule has 0 bridgehead atoms. The van der Waals surface area contributed by atoms with Gasteiger partial charge in [0.2, 0.25) is 0 Å². The Balaban J connectivity index is 2.60. The summed E-state index contributed by atoms with van der Waals surface area (Å²) < 4.78 is 0. The standard InChI is InChI=1S/C11H13NS/c1-3-9-13-10(2)12-11-7-5-4-6-8-11/h3-8H,1,9H2,2H3. The summed E-state index contributed by atoms with van der Waals surface area (Å²) in [7, 11) is 0. The molecule has 1 rings (SSSR count). The normalized spacial score (nSPS) is 11.3. The van der Waals surface area contributed by atoms with Crippen LogP contribution in [0.2, 0.25) is 0 Å². The van der Waals surface area contributed by atoms with Crippen molar-refractivity contribution in [3.8, 4) is 0 Å². The molecule has 0 atom stereocenters. The van der Waals surface area contributed by atoms with Crippen molar-refractivity contribution in [2.45, 2.75) is 6.92 Å². The van der Waals surface area contributed by atoms with E-state index in [9.17, 15) is 0 Å². The molecule has 0 aliphatic heterocycles. The van der Waals surface area contributed by atoms with Gasteiger partial charge >= 0.3 is 0 Å². The first kappa shape index (κ1) is 10.1. The molecule has 13 heavy (non-hydrogen) atoms. The van der Waals surface area contributed by atoms with Crippen LogP contribution in [0.15, 0.2) is 48.0 Å². The van der Waals surface area contributed by atoms with Gasteiger partial charge in [0.1, 0.15) is 0 Å². The second-order valence-corrected chi connectivity index (χ2v) is 3.78. The molecule has 2 heteroatoms. The van der Waals surface area contributed by atoms with E-state index in [-0.39, 0.29) is 0 Å². The Labute approximate surface area is 83.6 Å². The van der Waals surface area contributed by atoms with Crippen LogP contribution in [-0.2, 0) is 0 Å². The molecular formula is C11H13NS. The minimum absolute atomic E-state index is 0.919. The monoisotopic (exact) mass is 191 g/mol. The van der Waals surface area contributed by atoms with Crippen molar-refractivity contribution < 1.29 is 0 Å². The molecule has 0 aliphatic rings. The molecule has 1 nitrogen and oxygen atoms in total. The lowest BCUT2D eigenvalue weighted by atomic mass is 10.3. The SMILES string of the molecule is C=CCSC(C)=Nc1ccccc1. The first-order valence-corrected chi connectivity index (χ1v) is 5.15. The fourth-order valence-electron chi connectivity index (χ4n) is 0.896. The Bertz CT molecular complexity index is 290. The van der Waals surface area contributed by atoms with Gasteiger partial charge in [0.25, 0.3) is 0 Å². The lowest BCUT2D eigenvalue weighted by Crippen LogP contribution is -1.83. The number of hydrogen-bond acceptors (Lipinski definition) is 2. The Morgan fingerprint density at radius 1 is 1.46 bits per heavy atom. The average molecular weight is 191 g/mol. The van der Waals surface area contributed by atoms with Crippen LogP contribution >= 0.6 is 11.8 Å². The maximum atomic E-state index is 4.43. The first-order chi connectivity index (χ1) is 6.33. The van der Waals surface area contributed by atoms with Crippen molar-refractivity contribution in [1.82, 2.24) is 0 Å². The summed E-state index contributed by atoms with van der Waals surface area (Å²) in [5, 5.41) is 1.08. The molecule has 0 amide bonds. The Morgan fingerprint density at radius 3 is 2.77 bits per heavy atom. The van der Waals surface area contributed by atoms with Crippen LogP contribution in [0, 0.1) is 0 Å². The molecule has 0 aliphatic carbocycles. The lowest BCUT2D eigenvalue weighted by molar-refractivity contribution is 1.52. The van der Waals surface area contributed by atoms with Crippen molar-refractivity contribution in [1.29, 1.82) is 0 Å². The second-order valence-electron chi connectivity index (χ2n) is 2.57. The van der Waals surface area contributed by atoms with Gasteiger partial charge in [0, 0.05) is 5.75 Å². The summed E-state index contributed by atoms with van der Waals surface area (Å²) in [5.74, 6) is 0.919. The molecule has 1 aromatic carbocycles. The quantitative estimate of drug-likeness (QED) is 0.403. The summed E-state index contributed by atoms with van der Waals surface area (Å²) in [6.45, 7) is 5.68. The Morgan fingerprint density at radius 2 is 2.15 bits per heavy atom.